The van der Waals surface area contributed by atoms with Crippen LogP contribution in [-0.4, -0.2) is 39.3 Å². The molecule has 0 N–H and O–H groups in total. The summed E-state index contributed by atoms with van der Waals surface area (Å²) < 4.78 is 15.7. The van der Waals surface area contributed by atoms with Gasteiger partial charge in [-0.3, -0.25) is 4.90 Å². The van der Waals surface area contributed by atoms with Gasteiger partial charge in [0.2, 0.25) is 5.76 Å². The minimum atomic E-state index is -0.687. The lowest BCUT2D eigenvalue weighted by atomic mass is 10.0. The van der Waals surface area contributed by atoms with Crippen LogP contribution >= 0.6 is 31.9 Å². The van der Waals surface area contributed by atoms with Crippen molar-refractivity contribution in [2.24, 2.45) is 0 Å². The zero-order chi connectivity index (χ0) is 18.8. The maximum absolute atomic E-state index is 12.4. The number of methoxy groups -OCH3 is 1. The van der Waals surface area contributed by atoms with E-state index in [0.29, 0.717) is 5.76 Å². The number of amides is 1. The first-order chi connectivity index (χ1) is 11.6. The van der Waals surface area contributed by atoms with Crippen LogP contribution in [0.4, 0.5) is 4.79 Å². The maximum Gasteiger partial charge on any atom is 0.418 e. The molecule has 8 heteroatoms. The van der Waals surface area contributed by atoms with Gasteiger partial charge in [0.05, 0.1) is 24.3 Å². The third-order valence-electron chi connectivity index (χ3n) is 3.16. The van der Waals surface area contributed by atoms with E-state index < -0.39 is 17.7 Å². The number of hydrogen-bond donors (Lipinski definition) is 0. The molecule has 2 unspecified atom stereocenters. The van der Waals surface area contributed by atoms with Crippen molar-refractivity contribution in [3.05, 3.63) is 47.7 Å². The van der Waals surface area contributed by atoms with Gasteiger partial charge in [-0.2, -0.15) is 0 Å². The zero-order valence-corrected chi connectivity index (χ0v) is 17.5. The fourth-order valence-electron chi connectivity index (χ4n) is 2.05. The smallest absolute Gasteiger partial charge is 0.418 e. The molecule has 2 aliphatic rings. The summed E-state index contributed by atoms with van der Waals surface area (Å²) in [5, 5.41) is 0. The van der Waals surface area contributed by atoms with Crippen LogP contribution < -0.4 is 0 Å². The van der Waals surface area contributed by atoms with Crippen molar-refractivity contribution in [1.29, 1.82) is 0 Å². The van der Waals surface area contributed by atoms with Gasteiger partial charge >= 0.3 is 12.1 Å². The number of ether oxygens (including phenoxy) is 3. The lowest BCUT2D eigenvalue weighted by Crippen LogP contribution is -2.34. The van der Waals surface area contributed by atoms with Crippen molar-refractivity contribution in [2.75, 3.05) is 7.11 Å². The second kappa shape index (κ2) is 7.78. The molecule has 6 nitrogen and oxygen atoms in total. The Bertz CT molecular complexity index is 688. The summed E-state index contributed by atoms with van der Waals surface area (Å²) in [4.78, 5) is 25.4. The van der Waals surface area contributed by atoms with E-state index >= 15 is 0 Å². The van der Waals surface area contributed by atoms with Crippen LogP contribution in [0.15, 0.2) is 47.7 Å². The van der Waals surface area contributed by atoms with Gasteiger partial charge < -0.3 is 14.2 Å². The number of carbonyl (C=O) groups excluding carboxylic acids is 2. The number of carbonyl (C=O) groups is 2. The van der Waals surface area contributed by atoms with Crippen LogP contribution in [0, 0.1) is 0 Å². The van der Waals surface area contributed by atoms with E-state index in [1.165, 1.54) is 24.4 Å². The molecule has 2 atom stereocenters. The van der Waals surface area contributed by atoms with Crippen LogP contribution in [0.1, 0.15) is 20.8 Å². The molecule has 0 fully saturated rings. The lowest BCUT2D eigenvalue weighted by molar-refractivity contribution is -0.139. The second-order valence-corrected chi connectivity index (χ2v) is 8.36. The van der Waals surface area contributed by atoms with Crippen molar-refractivity contribution >= 4 is 43.9 Å². The van der Waals surface area contributed by atoms with E-state index in [1.807, 2.05) is 18.2 Å². The first-order valence-corrected chi connectivity index (χ1v) is 9.33. The number of allylic oxidation sites excluding steroid dienone is 4. The molecule has 0 aromatic rings. The predicted octanol–water partition coefficient (Wildman–Crippen LogP) is 4.13. The van der Waals surface area contributed by atoms with E-state index in [1.54, 1.807) is 20.8 Å². The second-order valence-electron chi connectivity index (χ2n) is 6.32. The summed E-state index contributed by atoms with van der Waals surface area (Å²) >= 11 is 7.11. The molecule has 0 aromatic heterocycles. The van der Waals surface area contributed by atoms with Gasteiger partial charge in [-0.25, -0.2) is 9.59 Å². The predicted molar refractivity (Wildman–Crippen MR) is 100.0 cm³/mol. The van der Waals surface area contributed by atoms with Crippen molar-refractivity contribution in [2.45, 2.75) is 36.0 Å². The monoisotopic (exact) mass is 475 g/mol. The summed E-state index contributed by atoms with van der Waals surface area (Å²) in [5.41, 5.74) is 0.0986. The average molecular weight is 477 g/mol. The Kier molecular flexibility index (Phi) is 6.16. The highest BCUT2D eigenvalue weighted by Crippen LogP contribution is 2.34. The Labute approximate surface area is 163 Å². The van der Waals surface area contributed by atoms with Crippen molar-refractivity contribution in [3.8, 4) is 0 Å². The molecule has 1 aliphatic carbocycles. The molecule has 1 aliphatic heterocycles. The third kappa shape index (κ3) is 4.98. The van der Waals surface area contributed by atoms with Gasteiger partial charge in [0.1, 0.15) is 11.4 Å². The fraction of sp³-hybridized carbons (Fsp3) is 0.412. The summed E-state index contributed by atoms with van der Waals surface area (Å²) in [7, 11) is 1.24. The number of halogens is 2. The van der Waals surface area contributed by atoms with E-state index in [2.05, 4.69) is 31.9 Å². The fourth-order valence-corrected chi connectivity index (χ4v) is 3.07. The van der Waals surface area contributed by atoms with Crippen LogP contribution in [0.5, 0.6) is 0 Å². The molecule has 0 bridgehead atoms. The molecule has 1 amide bonds. The molecule has 0 saturated carbocycles. The molecular weight excluding hydrogens is 458 g/mol. The minimum Gasteiger partial charge on any atom is -0.463 e. The van der Waals surface area contributed by atoms with Gasteiger partial charge in [-0.15, -0.1) is 0 Å². The topological polar surface area (TPSA) is 65.1 Å². The molecule has 2 rings (SSSR count). The molecule has 25 heavy (non-hydrogen) atoms. The van der Waals surface area contributed by atoms with Gasteiger partial charge in [-0.05, 0) is 20.8 Å². The number of alkyl halides is 2. The maximum atomic E-state index is 12.4. The Morgan fingerprint density at radius 2 is 1.92 bits per heavy atom. The third-order valence-corrected chi connectivity index (χ3v) is 5.76. The van der Waals surface area contributed by atoms with E-state index in [-0.39, 0.29) is 15.4 Å². The number of nitrogens with zero attached hydrogens (tertiary/aromatic N) is 1. The molecule has 0 aromatic carbocycles. The number of rotatable bonds is 2. The average Bonchev–Trinajstić information content (AvgIpc) is 2.54. The van der Waals surface area contributed by atoms with Crippen LogP contribution in [-0.2, 0) is 19.0 Å². The Morgan fingerprint density at radius 1 is 1.24 bits per heavy atom. The van der Waals surface area contributed by atoms with Gasteiger partial charge in [0.15, 0.2) is 0 Å². The van der Waals surface area contributed by atoms with Crippen molar-refractivity contribution in [3.63, 3.8) is 0 Å². The standard InChI is InChI=1S/C17H19Br2NO5/c1-17(2,3)25-16(22)20-8-12(24-13(9-20)15(21)23-4)10-6-5-7-11(18)14(10)19/h5-9,11,14H,1-4H3. The lowest BCUT2D eigenvalue weighted by Gasteiger charge is -2.29. The summed E-state index contributed by atoms with van der Waals surface area (Å²) in [5.74, 6) is -0.441. The normalized spacial score (nSPS) is 23.1. The van der Waals surface area contributed by atoms with Gasteiger partial charge in [-0.1, -0.05) is 50.1 Å². The SMILES string of the molecule is COC(=O)C1=CN(C(=O)OC(C)(C)C)C=C(C2=CC=CC(Br)C2Br)O1. The highest BCUT2D eigenvalue weighted by atomic mass is 79.9. The molecule has 136 valence electrons. The summed E-state index contributed by atoms with van der Waals surface area (Å²) in [6, 6.07) is 0. The van der Waals surface area contributed by atoms with Crippen molar-refractivity contribution < 1.29 is 23.8 Å². The Balaban J connectivity index is 2.36. The van der Waals surface area contributed by atoms with Crippen LogP contribution in [0.25, 0.3) is 0 Å². The summed E-state index contributed by atoms with van der Waals surface area (Å²) in [6.45, 7) is 5.29. The first kappa shape index (κ1) is 19.8. The van der Waals surface area contributed by atoms with Crippen LogP contribution in [0.2, 0.25) is 0 Å². The van der Waals surface area contributed by atoms with E-state index in [9.17, 15) is 9.59 Å². The zero-order valence-electron chi connectivity index (χ0n) is 14.3. The molecular formula is C17H19Br2NO5. The quantitative estimate of drug-likeness (QED) is 0.442. The molecule has 0 radical (unpaired) electrons. The highest BCUT2D eigenvalue weighted by molar-refractivity contribution is 9.12. The largest absolute Gasteiger partial charge is 0.463 e. The van der Waals surface area contributed by atoms with Gasteiger partial charge in [0.25, 0.3) is 0 Å². The molecule has 0 spiro atoms. The highest BCUT2D eigenvalue weighted by Gasteiger charge is 2.31. The Hall–Kier alpha value is -1.54. The van der Waals surface area contributed by atoms with Crippen molar-refractivity contribution in [1.82, 2.24) is 4.90 Å². The minimum absolute atomic E-state index is 0.0412. The number of esters is 1. The van der Waals surface area contributed by atoms with E-state index in [0.717, 1.165) is 5.57 Å². The number of hydrogen-bond acceptors (Lipinski definition) is 5. The first-order valence-electron chi connectivity index (χ1n) is 7.50. The van der Waals surface area contributed by atoms with E-state index in [4.69, 9.17) is 14.2 Å². The summed E-state index contributed by atoms with van der Waals surface area (Å²) in [6.07, 6.45) is 7.79. The van der Waals surface area contributed by atoms with Crippen LogP contribution in [0.3, 0.4) is 0 Å². The molecule has 0 saturated heterocycles. The van der Waals surface area contributed by atoms with Gasteiger partial charge in [0, 0.05) is 10.4 Å². The Morgan fingerprint density at radius 3 is 2.52 bits per heavy atom. The molecule has 1 heterocycles.